The van der Waals surface area contributed by atoms with Crippen molar-refractivity contribution in [2.45, 2.75) is 13.8 Å². The van der Waals surface area contributed by atoms with E-state index in [1.807, 2.05) is 0 Å². The lowest BCUT2D eigenvalue weighted by Crippen LogP contribution is -2.04. The predicted octanol–water partition coefficient (Wildman–Crippen LogP) is 2.27. The maximum Gasteiger partial charge on any atom is 0.381 e. The van der Waals surface area contributed by atoms with Gasteiger partial charge in [0.25, 0.3) is 0 Å². The van der Waals surface area contributed by atoms with Crippen molar-refractivity contribution in [1.82, 2.24) is 0 Å². The molecule has 0 fully saturated rings. The number of hydrogen-bond acceptors (Lipinski definition) is 5. The first-order chi connectivity index (χ1) is 7.05. The average Bonchev–Trinajstić information content (AvgIpc) is 2.19. The number of hydrogen-bond donors (Lipinski definition) is 1. The van der Waals surface area contributed by atoms with Gasteiger partial charge in [-0.15, -0.1) is 0 Å². The van der Waals surface area contributed by atoms with Crippen LogP contribution in [-0.4, -0.2) is 19.9 Å². The molecule has 15 heavy (non-hydrogen) atoms. The van der Waals surface area contributed by atoms with E-state index in [2.05, 4.69) is 18.3 Å². The first-order valence-electron chi connectivity index (χ1n) is 4.54. The van der Waals surface area contributed by atoms with E-state index in [0.717, 1.165) is 0 Å². The van der Waals surface area contributed by atoms with Gasteiger partial charge in [0.05, 0.1) is 18.9 Å². The van der Waals surface area contributed by atoms with Crippen molar-refractivity contribution >= 4 is 14.3 Å². The lowest BCUT2D eigenvalue weighted by Gasteiger charge is -2.17. The molecule has 0 aromatic carbocycles. The van der Waals surface area contributed by atoms with Crippen LogP contribution in [0.1, 0.15) is 13.8 Å². The summed E-state index contributed by atoms with van der Waals surface area (Å²) in [4.78, 5) is 3.59. The summed E-state index contributed by atoms with van der Waals surface area (Å²) >= 11 is 0. The summed E-state index contributed by atoms with van der Waals surface area (Å²) < 4.78 is 22.3. The van der Waals surface area contributed by atoms with Gasteiger partial charge in [0.2, 0.25) is 0 Å². The Hall–Kier alpha value is -0.900. The third kappa shape index (κ3) is 3.63. The van der Waals surface area contributed by atoms with Gasteiger partial charge in [0, 0.05) is 0 Å². The number of nitrogens with zero attached hydrogens (tertiary/aromatic N) is 1. The third-order valence-corrected chi connectivity index (χ3v) is 3.60. The van der Waals surface area contributed by atoms with E-state index in [0.29, 0.717) is 0 Å². The zero-order valence-electron chi connectivity index (χ0n) is 9.10. The van der Waals surface area contributed by atoms with Crippen LogP contribution in [-0.2, 0) is 13.6 Å². The summed E-state index contributed by atoms with van der Waals surface area (Å²) in [6.45, 7) is 10.6. The Morgan fingerprint density at radius 3 is 2.20 bits per heavy atom. The van der Waals surface area contributed by atoms with Crippen LogP contribution in [0.15, 0.2) is 28.8 Å². The van der Waals surface area contributed by atoms with Crippen LogP contribution in [0.2, 0.25) is 0 Å². The van der Waals surface area contributed by atoms with E-state index < -0.39 is 7.60 Å². The number of aliphatic imine (C=N–C) groups is 1. The van der Waals surface area contributed by atoms with Crippen molar-refractivity contribution in [3.63, 3.8) is 0 Å². The normalized spacial score (nSPS) is 13.2. The van der Waals surface area contributed by atoms with Crippen molar-refractivity contribution in [1.29, 1.82) is 0 Å². The highest BCUT2D eigenvalue weighted by Gasteiger charge is 2.30. The lowest BCUT2D eigenvalue weighted by atomic mass is 10.5. The first kappa shape index (κ1) is 14.1. The van der Waals surface area contributed by atoms with Crippen LogP contribution >= 0.6 is 7.60 Å². The molecule has 0 aromatic heterocycles. The highest BCUT2D eigenvalue weighted by atomic mass is 31.2. The van der Waals surface area contributed by atoms with E-state index in [1.165, 1.54) is 6.08 Å². The molecule has 0 aliphatic carbocycles. The van der Waals surface area contributed by atoms with E-state index in [4.69, 9.17) is 14.8 Å². The summed E-state index contributed by atoms with van der Waals surface area (Å²) in [5, 5.41) is 0. The SMILES string of the molecule is C=C/C(N)=C(\N=C)P(=O)(OCC)OCC. The zero-order chi connectivity index (χ0) is 11.9. The second kappa shape index (κ2) is 6.56. The molecule has 2 N–H and O–H groups in total. The van der Waals surface area contributed by atoms with Crippen LogP contribution < -0.4 is 5.73 Å². The quantitative estimate of drug-likeness (QED) is 0.415. The molecule has 0 saturated heterocycles. The van der Waals surface area contributed by atoms with Gasteiger partial charge in [-0.3, -0.25) is 9.56 Å². The van der Waals surface area contributed by atoms with Gasteiger partial charge >= 0.3 is 7.60 Å². The highest BCUT2D eigenvalue weighted by Crippen LogP contribution is 2.57. The molecule has 0 radical (unpaired) electrons. The Bertz CT molecular complexity index is 302. The highest BCUT2D eigenvalue weighted by molar-refractivity contribution is 7.58. The smallest absolute Gasteiger partial charge is 0.381 e. The lowest BCUT2D eigenvalue weighted by molar-refractivity contribution is 0.226. The number of allylic oxidation sites excluding steroid dienone is 1. The molecular formula is C9H17N2O3P. The van der Waals surface area contributed by atoms with Gasteiger partial charge in [-0.1, -0.05) is 6.58 Å². The molecule has 5 nitrogen and oxygen atoms in total. The Labute approximate surface area is 90.2 Å². The summed E-state index contributed by atoms with van der Waals surface area (Å²) in [5.41, 5.74) is 5.73. The summed E-state index contributed by atoms with van der Waals surface area (Å²) in [5.74, 6) is 0. The van der Waals surface area contributed by atoms with E-state index in [1.54, 1.807) is 13.8 Å². The van der Waals surface area contributed by atoms with Crippen molar-refractivity contribution in [2.75, 3.05) is 13.2 Å². The summed E-state index contributed by atoms with van der Waals surface area (Å²) in [7, 11) is -3.45. The molecule has 0 atom stereocenters. The largest absolute Gasteiger partial charge is 0.397 e. The molecule has 0 bridgehead atoms. The Balaban J connectivity index is 5.30. The van der Waals surface area contributed by atoms with Gasteiger partial charge in [0.1, 0.15) is 0 Å². The molecule has 0 aromatic rings. The fourth-order valence-electron chi connectivity index (χ4n) is 0.927. The van der Waals surface area contributed by atoms with Crippen molar-refractivity contribution in [2.24, 2.45) is 10.7 Å². The monoisotopic (exact) mass is 232 g/mol. The molecule has 0 aliphatic rings. The number of nitrogens with two attached hydrogens (primary N) is 1. The van der Waals surface area contributed by atoms with Gasteiger partial charge in [-0.05, 0) is 26.6 Å². The van der Waals surface area contributed by atoms with Crippen molar-refractivity contribution < 1.29 is 13.6 Å². The molecule has 0 amide bonds. The van der Waals surface area contributed by atoms with Gasteiger partial charge in [-0.25, -0.2) is 0 Å². The standard InChI is InChI=1S/C9H17N2O3P/c1-5-8(10)9(11-4)15(12,13-6-2)14-7-3/h5H,1,4,6-7,10H2,2-3H3/b9-8-. The van der Waals surface area contributed by atoms with Gasteiger partial charge < -0.3 is 14.8 Å². The maximum absolute atomic E-state index is 12.2. The Kier molecular flexibility index (Phi) is 6.17. The predicted molar refractivity (Wildman–Crippen MR) is 61.8 cm³/mol. The first-order valence-corrected chi connectivity index (χ1v) is 6.08. The van der Waals surface area contributed by atoms with Gasteiger partial charge in [-0.2, -0.15) is 0 Å². The third-order valence-electron chi connectivity index (χ3n) is 1.49. The fourth-order valence-corrected chi connectivity index (χ4v) is 2.51. The summed E-state index contributed by atoms with van der Waals surface area (Å²) in [6, 6.07) is 0. The minimum absolute atomic E-state index is 0.0150. The minimum Gasteiger partial charge on any atom is -0.397 e. The van der Waals surface area contributed by atoms with Crippen LogP contribution in [0.25, 0.3) is 0 Å². The van der Waals surface area contributed by atoms with Crippen LogP contribution in [0.5, 0.6) is 0 Å². The topological polar surface area (TPSA) is 73.9 Å². The maximum atomic E-state index is 12.2. The number of rotatable bonds is 7. The molecule has 0 unspecified atom stereocenters. The van der Waals surface area contributed by atoms with E-state index in [9.17, 15) is 4.57 Å². The minimum atomic E-state index is -3.45. The van der Waals surface area contributed by atoms with E-state index >= 15 is 0 Å². The zero-order valence-corrected chi connectivity index (χ0v) is 10.00. The van der Waals surface area contributed by atoms with Crippen LogP contribution in [0.3, 0.4) is 0 Å². The Morgan fingerprint density at radius 1 is 1.47 bits per heavy atom. The van der Waals surface area contributed by atoms with Crippen molar-refractivity contribution in [3.8, 4) is 0 Å². The molecule has 0 heterocycles. The van der Waals surface area contributed by atoms with Crippen molar-refractivity contribution in [3.05, 3.63) is 23.8 Å². The molecular weight excluding hydrogens is 215 g/mol. The molecule has 0 spiro atoms. The Morgan fingerprint density at radius 2 is 1.93 bits per heavy atom. The molecule has 0 rings (SSSR count). The average molecular weight is 232 g/mol. The molecule has 6 heteroatoms. The fraction of sp³-hybridized carbons (Fsp3) is 0.444. The second-order valence-electron chi connectivity index (χ2n) is 2.47. The van der Waals surface area contributed by atoms with Crippen LogP contribution in [0.4, 0.5) is 0 Å². The summed E-state index contributed by atoms with van der Waals surface area (Å²) in [6.07, 6.45) is 1.33. The van der Waals surface area contributed by atoms with E-state index in [-0.39, 0.29) is 24.3 Å². The molecule has 0 saturated carbocycles. The molecule has 0 aliphatic heterocycles. The van der Waals surface area contributed by atoms with Crippen LogP contribution in [0, 0.1) is 0 Å². The second-order valence-corrected chi connectivity index (χ2v) is 4.41. The van der Waals surface area contributed by atoms with Gasteiger partial charge in [0.15, 0.2) is 5.44 Å². The molecule has 86 valence electrons.